The molecule has 0 aliphatic heterocycles. The van der Waals surface area contributed by atoms with Gasteiger partial charge < -0.3 is 9.47 Å². The monoisotopic (exact) mass is 314 g/mol. The summed E-state index contributed by atoms with van der Waals surface area (Å²) in [6.07, 6.45) is 12.7. The molecule has 22 heavy (non-hydrogen) atoms. The predicted octanol–water partition coefficient (Wildman–Crippen LogP) is 6.52. The Morgan fingerprint density at radius 1 is 0.500 bits per heavy atom. The van der Waals surface area contributed by atoms with Gasteiger partial charge in [-0.05, 0) is 53.4 Å². The molecule has 0 rings (SSSR count). The summed E-state index contributed by atoms with van der Waals surface area (Å²) < 4.78 is 11.7. The van der Waals surface area contributed by atoms with E-state index in [0.717, 1.165) is 26.1 Å². The topological polar surface area (TPSA) is 18.5 Å². The lowest BCUT2D eigenvalue weighted by Crippen LogP contribution is -2.23. The molecular weight excluding hydrogens is 272 g/mol. The van der Waals surface area contributed by atoms with Gasteiger partial charge in [0.25, 0.3) is 0 Å². The lowest BCUT2D eigenvalue weighted by molar-refractivity contribution is -0.0222. The van der Waals surface area contributed by atoms with Crippen molar-refractivity contribution in [3.8, 4) is 0 Å². The van der Waals surface area contributed by atoms with E-state index in [0.29, 0.717) is 0 Å². The van der Waals surface area contributed by atoms with Crippen LogP contribution in [0.2, 0.25) is 0 Å². The molecule has 0 atom stereocenters. The maximum Gasteiger partial charge on any atom is 0.0623 e. The van der Waals surface area contributed by atoms with Crippen LogP contribution in [0.5, 0.6) is 0 Å². The van der Waals surface area contributed by atoms with Crippen molar-refractivity contribution >= 4 is 0 Å². The second-order valence-electron chi connectivity index (χ2n) is 7.75. The van der Waals surface area contributed by atoms with Gasteiger partial charge in [-0.1, -0.05) is 52.4 Å². The lowest BCUT2D eigenvalue weighted by atomic mass is 10.1. The molecule has 0 aromatic carbocycles. The van der Waals surface area contributed by atoms with Crippen LogP contribution >= 0.6 is 0 Å². The fraction of sp³-hybridized carbons (Fsp3) is 1.00. The van der Waals surface area contributed by atoms with Crippen LogP contribution in [0.1, 0.15) is 106 Å². The first kappa shape index (κ1) is 21.9. The molecule has 0 aliphatic carbocycles. The minimum atomic E-state index is 0.0639. The van der Waals surface area contributed by atoms with Crippen molar-refractivity contribution in [2.75, 3.05) is 13.2 Å². The first-order valence-electron chi connectivity index (χ1n) is 9.61. The minimum absolute atomic E-state index is 0.0639. The van der Waals surface area contributed by atoms with E-state index in [1.165, 1.54) is 51.4 Å². The normalized spacial score (nSPS) is 12.8. The van der Waals surface area contributed by atoms with Crippen LogP contribution in [0, 0.1) is 0 Å². The van der Waals surface area contributed by atoms with Crippen molar-refractivity contribution in [1.29, 1.82) is 0 Å². The summed E-state index contributed by atoms with van der Waals surface area (Å²) in [7, 11) is 0. The quantitative estimate of drug-likeness (QED) is 0.320. The van der Waals surface area contributed by atoms with E-state index in [4.69, 9.17) is 9.47 Å². The Bertz CT molecular complexity index is 220. The summed E-state index contributed by atoms with van der Waals surface area (Å²) in [6, 6.07) is 0. The Morgan fingerprint density at radius 3 is 1.05 bits per heavy atom. The van der Waals surface area contributed by atoms with Gasteiger partial charge in [-0.2, -0.15) is 0 Å². The second kappa shape index (κ2) is 12.4. The molecule has 0 amide bonds. The van der Waals surface area contributed by atoms with Gasteiger partial charge in [0.1, 0.15) is 0 Å². The molecule has 0 bridgehead atoms. The molecule has 0 aromatic heterocycles. The Hall–Kier alpha value is -0.0800. The van der Waals surface area contributed by atoms with E-state index in [2.05, 4.69) is 41.5 Å². The molecule has 0 fully saturated rings. The summed E-state index contributed by atoms with van der Waals surface area (Å²) in [4.78, 5) is 0. The highest BCUT2D eigenvalue weighted by Gasteiger charge is 2.14. The summed E-state index contributed by atoms with van der Waals surface area (Å²) in [5.41, 5.74) is 0.128. The maximum atomic E-state index is 5.87. The van der Waals surface area contributed by atoms with E-state index in [1.807, 2.05) is 0 Å². The molecular formula is C20H42O2. The molecule has 0 unspecified atom stereocenters. The van der Waals surface area contributed by atoms with Crippen molar-refractivity contribution in [3.05, 3.63) is 0 Å². The Balaban J connectivity index is 3.21. The fourth-order valence-electron chi connectivity index (χ4n) is 2.17. The van der Waals surface area contributed by atoms with Gasteiger partial charge in [-0.15, -0.1) is 0 Å². The van der Waals surface area contributed by atoms with Crippen molar-refractivity contribution in [2.45, 2.75) is 117 Å². The standard InChI is InChI=1S/C20H42O2/c1-7-19(3,4)21-17-15-13-11-9-10-12-14-16-18-22-20(5,6)8-2/h7-18H2,1-6H3. The lowest BCUT2D eigenvalue weighted by Gasteiger charge is -2.23. The minimum Gasteiger partial charge on any atom is -0.376 e. The van der Waals surface area contributed by atoms with E-state index < -0.39 is 0 Å². The highest BCUT2D eigenvalue weighted by Crippen LogP contribution is 2.16. The Morgan fingerprint density at radius 2 is 0.773 bits per heavy atom. The molecule has 0 saturated carbocycles. The molecule has 0 radical (unpaired) electrons. The third-order valence-electron chi connectivity index (χ3n) is 4.73. The molecule has 0 heterocycles. The average Bonchev–Trinajstić information content (AvgIpc) is 2.48. The highest BCUT2D eigenvalue weighted by molar-refractivity contribution is 4.65. The van der Waals surface area contributed by atoms with Gasteiger partial charge >= 0.3 is 0 Å². The average molecular weight is 315 g/mol. The molecule has 2 heteroatoms. The molecule has 0 spiro atoms. The van der Waals surface area contributed by atoms with E-state index >= 15 is 0 Å². The number of rotatable bonds is 15. The zero-order chi connectivity index (χ0) is 16.9. The third kappa shape index (κ3) is 13.6. The van der Waals surface area contributed by atoms with Gasteiger partial charge in [0.15, 0.2) is 0 Å². The zero-order valence-electron chi connectivity index (χ0n) is 16.3. The zero-order valence-corrected chi connectivity index (χ0v) is 16.3. The summed E-state index contributed by atoms with van der Waals surface area (Å²) in [5, 5.41) is 0. The molecule has 0 N–H and O–H groups in total. The Labute approximate surface area is 140 Å². The molecule has 0 aromatic rings. The van der Waals surface area contributed by atoms with Crippen molar-refractivity contribution in [3.63, 3.8) is 0 Å². The largest absolute Gasteiger partial charge is 0.376 e. The first-order valence-corrected chi connectivity index (χ1v) is 9.61. The second-order valence-corrected chi connectivity index (χ2v) is 7.75. The van der Waals surface area contributed by atoms with Gasteiger partial charge in [-0.25, -0.2) is 0 Å². The maximum absolute atomic E-state index is 5.87. The van der Waals surface area contributed by atoms with Crippen molar-refractivity contribution in [1.82, 2.24) is 0 Å². The third-order valence-corrected chi connectivity index (χ3v) is 4.73. The highest BCUT2D eigenvalue weighted by atomic mass is 16.5. The number of hydrogen-bond acceptors (Lipinski definition) is 2. The van der Waals surface area contributed by atoms with E-state index in [-0.39, 0.29) is 11.2 Å². The van der Waals surface area contributed by atoms with Crippen LogP contribution in [0.4, 0.5) is 0 Å². The molecule has 0 aliphatic rings. The van der Waals surface area contributed by atoms with Gasteiger partial charge in [0.05, 0.1) is 11.2 Å². The molecule has 134 valence electrons. The van der Waals surface area contributed by atoms with Crippen LogP contribution in [0.3, 0.4) is 0 Å². The van der Waals surface area contributed by atoms with Gasteiger partial charge in [0, 0.05) is 13.2 Å². The Kier molecular flexibility index (Phi) is 12.3. The van der Waals surface area contributed by atoms with Gasteiger partial charge in [0.2, 0.25) is 0 Å². The van der Waals surface area contributed by atoms with Crippen molar-refractivity contribution in [2.24, 2.45) is 0 Å². The predicted molar refractivity (Wildman–Crippen MR) is 97.6 cm³/mol. The van der Waals surface area contributed by atoms with Crippen LogP contribution in [-0.4, -0.2) is 24.4 Å². The number of hydrogen-bond donors (Lipinski definition) is 0. The van der Waals surface area contributed by atoms with Gasteiger partial charge in [-0.3, -0.25) is 0 Å². The summed E-state index contributed by atoms with van der Waals surface area (Å²) >= 11 is 0. The summed E-state index contributed by atoms with van der Waals surface area (Å²) in [5.74, 6) is 0. The number of ether oxygens (including phenoxy) is 2. The van der Waals surface area contributed by atoms with E-state index in [9.17, 15) is 0 Å². The van der Waals surface area contributed by atoms with E-state index in [1.54, 1.807) is 0 Å². The van der Waals surface area contributed by atoms with Crippen LogP contribution < -0.4 is 0 Å². The van der Waals surface area contributed by atoms with Crippen molar-refractivity contribution < 1.29 is 9.47 Å². The van der Waals surface area contributed by atoms with Crippen LogP contribution in [-0.2, 0) is 9.47 Å². The summed E-state index contributed by atoms with van der Waals surface area (Å²) in [6.45, 7) is 14.9. The smallest absolute Gasteiger partial charge is 0.0623 e. The van der Waals surface area contributed by atoms with Crippen LogP contribution in [0.25, 0.3) is 0 Å². The SMILES string of the molecule is CCC(C)(C)OCCCCCCCCCCOC(C)(C)CC. The van der Waals surface area contributed by atoms with Crippen LogP contribution in [0.15, 0.2) is 0 Å². The number of unbranched alkanes of at least 4 members (excludes halogenated alkanes) is 7. The fourth-order valence-corrected chi connectivity index (χ4v) is 2.17. The molecule has 0 saturated heterocycles. The first-order chi connectivity index (χ1) is 10.3. The molecule has 2 nitrogen and oxygen atoms in total.